The highest BCUT2D eigenvalue weighted by Gasteiger charge is 2.33. The maximum atomic E-state index is 13.6. The molecule has 0 radical (unpaired) electrons. The lowest BCUT2D eigenvalue weighted by Crippen LogP contribution is -2.40. The van der Waals surface area contributed by atoms with Crippen LogP contribution < -0.4 is 24.4 Å². The molecule has 182 valence electrons. The van der Waals surface area contributed by atoms with E-state index >= 15 is 0 Å². The SMILES string of the molecule is CCOC(=O)C1=C(C)N=c2s/c(=C\c3ccc(O)cc3)c(=O)n2C1c1ccc(OC)c(OCC)c1. The van der Waals surface area contributed by atoms with Crippen LogP contribution in [0.25, 0.3) is 6.08 Å². The number of carbonyl (C=O) groups is 1. The van der Waals surface area contributed by atoms with Crippen molar-refractivity contribution in [3.05, 3.63) is 84.5 Å². The minimum atomic E-state index is -0.752. The average molecular weight is 495 g/mol. The van der Waals surface area contributed by atoms with Gasteiger partial charge in [-0.3, -0.25) is 9.36 Å². The van der Waals surface area contributed by atoms with Crippen LogP contribution in [0.4, 0.5) is 0 Å². The number of hydrogen-bond donors (Lipinski definition) is 1. The molecule has 0 aliphatic carbocycles. The van der Waals surface area contributed by atoms with Crippen LogP contribution in [0.1, 0.15) is 37.9 Å². The number of phenols is 1. The van der Waals surface area contributed by atoms with Gasteiger partial charge in [-0.15, -0.1) is 0 Å². The van der Waals surface area contributed by atoms with Gasteiger partial charge in [-0.2, -0.15) is 0 Å². The van der Waals surface area contributed by atoms with Crippen molar-refractivity contribution in [2.45, 2.75) is 26.8 Å². The third-order valence-corrected chi connectivity index (χ3v) is 6.49. The number of esters is 1. The van der Waals surface area contributed by atoms with Crippen LogP contribution in [0.3, 0.4) is 0 Å². The number of aromatic nitrogens is 1. The quantitative estimate of drug-likeness (QED) is 0.507. The molecule has 9 heteroatoms. The molecule has 35 heavy (non-hydrogen) atoms. The Balaban J connectivity index is 1.96. The number of hydrogen-bond acceptors (Lipinski definition) is 8. The fourth-order valence-electron chi connectivity index (χ4n) is 3.96. The number of allylic oxidation sites excluding steroid dienone is 1. The minimum Gasteiger partial charge on any atom is -0.508 e. The van der Waals surface area contributed by atoms with Crippen molar-refractivity contribution in [3.63, 3.8) is 0 Å². The van der Waals surface area contributed by atoms with Gasteiger partial charge in [0, 0.05) is 0 Å². The Morgan fingerprint density at radius 2 is 1.89 bits per heavy atom. The van der Waals surface area contributed by atoms with Gasteiger partial charge in [0.1, 0.15) is 5.75 Å². The Bertz CT molecular complexity index is 1470. The number of rotatable bonds is 7. The van der Waals surface area contributed by atoms with Gasteiger partial charge in [-0.25, -0.2) is 9.79 Å². The summed E-state index contributed by atoms with van der Waals surface area (Å²) in [6, 6.07) is 11.1. The van der Waals surface area contributed by atoms with Gasteiger partial charge in [0.05, 0.1) is 42.2 Å². The first-order chi connectivity index (χ1) is 16.9. The number of fused-ring (bicyclic) bond motifs is 1. The van der Waals surface area contributed by atoms with Gasteiger partial charge in [0.25, 0.3) is 5.56 Å². The summed E-state index contributed by atoms with van der Waals surface area (Å²) in [5.74, 6) is 0.675. The van der Waals surface area contributed by atoms with Crippen molar-refractivity contribution in [1.29, 1.82) is 0 Å². The largest absolute Gasteiger partial charge is 0.508 e. The number of nitrogens with zero attached hydrogens (tertiary/aromatic N) is 2. The molecule has 2 heterocycles. The molecule has 1 atom stereocenters. The molecule has 4 rings (SSSR count). The van der Waals surface area contributed by atoms with Crippen molar-refractivity contribution in [2.24, 2.45) is 4.99 Å². The van der Waals surface area contributed by atoms with Crippen molar-refractivity contribution in [3.8, 4) is 17.2 Å². The molecule has 1 aromatic heterocycles. The Kier molecular flexibility index (Phi) is 7.07. The van der Waals surface area contributed by atoms with Crippen LogP contribution in [0, 0.1) is 0 Å². The first-order valence-electron chi connectivity index (χ1n) is 11.2. The summed E-state index contributed by atoms with van der Waals surface area (Å²) in [5.41, 5.74) is 1.93. The zero-order valence-corrected chi connectivity index (χ0v) is 20.7. The summed E-state index contributed by atoms with van der Waals surface area (Å²) < 4.78 is 18.5. The number of benzene rings is 2. The fourth-order valence-corrected chi connectivity index (χ4v) is 5.01. The Morgan fingerprint density at radius 1 is 1.14 bits per heavy atom. The number of ether oxygens (including phenoxy) is 3. The van der Waals surface area contributed by atoms with E-state index < -0.39 is 12.0 Å². The highest BCUT2D eigenvalue weighted by atomic mass is 32.1. The van der Waals surface area contributed by atoms with E-state index in [0.29, 0.717) is 44.3 Å². The molecule has 1 N–H and O–H groups in total. The van der Waals surface area contributed by atoms with Crippen molar-refractivity contribution >= 4 is 23.4 Å². The third-order valence-electron chi connectivity index (χ3n) is 5.51. The topological polar surface area (TPSA) is 99.4 Å². The van der Waals surface area contributed by atoms with Crippen LogP contribution >= 0.6 is 11.3 Å². The van der Waals surface area contributed by atoms with Gasteiger partial charge >= 0.3 is 5.97 Å². The minimum absolute atomic E-state index is 0.142. The molecule has 0 saturated heterocycles. The molecule has 0 amide bonds. The number of thiazole rings is 1. The van der Waals surface area contributed by atoms with Gasteiger partial charge in [-0.05, 0) is 62.2 Å². The second-order valence-corrected chi connectivity index (χ2v) is 8.75. The summed E-state index contributed by atoms with van der Waals surface area (Å²) >= 11 is 1.24. The molecule has 2 aromatic carbocycles. The Hall–Kier alpha value is -3.85. The number of aromatic hydroxyl groups is 1. The lowest BCUT2D eigenvalue weighted by molar-refractivity contribution is -0.139. The summed E-state index contributed by atoms with van der Waals surface area (Å²) in [7, 11) is 1.55. The van der Waals surface area contributed by atoms with E-state index in [1.165, 1.54) is 15.9 Å². The monoisotopic (exact) mass is 494 g/mol. The van der Waals surface area contributed by atoms with E-state index in [4.69, 9.17) is 14.2 Å². The van der Waals surface area contributed by atoms with E-state index in [-0.39, 0.29) is 17.9 Å². The lowest BCUT2D eigenvalue weighted by atomic mass is 9.95. The van der Waals surface area contributed by atoms with E-state index in [0.717, 1.165) is 5.56 Å². The molecule has 1 aliphatic rings. The normalized spacial score (nSPS) is 15.4. The summed E-state index contributed by atoms with van der Waals surface area (Å²) in [5, 5.41) is 9.56. The smallest absolute Gasteiger partial charge is 0.338 e. The maximum absolute atomic E-state index is 13.6. The third kappa shape index (κ3) is 4.72. The number of carbonyl (C=O) groups excluding carboxylic acids is 1. The second kappa shape index (κ2) is 10.2. The van der Waals surface area contributed by atoms with Crippen LogP contribution in [0.5, 0.6) is 17.2 Å². The molecule has 0 saturated carbocycles. The molecular formula is C26H26N2O6S. The predicted octanol–water partition coefficient (Wildman–Crippen LogP) is 2.91. The summed E-state index contributed by atoms with van der Waals surface area (Å²) in [6.07, 6.45) is 1.74. The molecule has 0 spiro atoms. The van der Waals surface area contributed by atoms with Crippen molar-refractivity contribution in [2.75, 3.05) is 20.3 Å². The van der Waals surface area contributed by atoms with Crippen molar-refractivity contribution < 1.29 is 24.1 Å². The molecule has 3 aromatic rings. The van der Waals surface area contributed by atoms with Crippen LogP contribution in [0.2, 0.25) is 0 Å². The standard InChI is InChI=1S/C26H26N2O6S/c1-5-33-20-14-17(9-12-19(20)32-4)23-22(25(31)34-6-2)15(3)27-26-28(23)24(30)21(35-26)13-16-7-10-18(29)11-8-16/h7-14,23,29H,5-6H2,1-4H3/b21-13-. The van der Waals surface area contributed by atoms with Gasteiger partial charge in [-0.1, -0.05) is 29.5 Å². The van der Waals surface area contributed by atoms with Gasteiger partial charge in [0.2, 0.25) is 0 Å². The Labute approximate surface area is 206 Å². The van der Waals surface area contributed by atoms with Gasteiger partial charge < -0.3 is 19.3 Å². The lowest BCUT2D eigenvalue weighted by Gasteiger charge is -2.25. The first-order valence-corrected chi connectivity index (χ1v) is 12.0. The zero-order valence-electron chi connectivity index (χ0n) is 19.9. The van der Waals surface area contributed by atoms with E-state index in [2.05, 4.69) is 4.99 Å². The van der Waals surface area contributed by atoms with E-state index in [9.17, 15) is 14.7 Å². The first kappa shape index (κ1) is 24.3. The van der Waals surface area contributed by atoms with E-state index in [1.807, 2.05) is 6.92 Å². The van der Waals surface area contributed by atoms with Crippen LogP contribution in [-0.4, -0.2) is 36.0 Å². The predicted molar refractivity (Wildman–Crippen MR) is 133 cm³/mol. The van der Waals surface area contributed by atoms with Crippen LogP contribution in [-0.2, 0) is 9.53 Å². The summed E-state index contributed by atoms with van der Waals surface area (Å²) in [4.78, 5) is 31.7. The molecule has 1 aliphatic heterocycles. The molecule has 0 bridgehead atoms. The number of methoxy groups -OCH3 is 1. The van der Waals surface area contributed by atoms with E-state index in [1.54, 1.807) is 69.5 Å². The molecular weight excluding hydrogens is 468 g/mol. The zero-order chi connectivity index (χ0) is 25.1. The average Bonchev–Trinajstić information content (AvgIpc) is 3.14. The maximum Gasteiger partial charge on any atom is 0.338 e. The molecule has 1 unspecified atom stereocenters. The highest BCUT2D eigenvalue weighted by molar-refractivity contribution is 7.07. The highest BCUT2D eigenvalue weighted by Crippen LogP contribution is 2.36. The molecule has 8 nitrogen and oxygen atoms in total. The van der Waals surface area contributed by atoms with Gasteiger partial charge in [0.15, 0.2) is 16.3 Å². The Morgan fingerprint density at radius 3 is 2.54 bits per heavy atom. The molecule has 0 fully saturated rings. The van der Waals surface area contributed by atoms with Crippen molar-refractivity contribution in [1.82, 2.24) is 4.57 Å². The fraction of sp³-hybridized carbons (Fsp3) is 0.269. The summed E-state index contributed by atoms with van der Waals surface area (Å²) in [6.45, 7) is 5.96. The van der Waals surface area contributed by atoms with Crippen LogP contribution in [0.15, 0.2) is 63.5 Å². The second-order valence-electron chi connectivity index (χ2n) is 7.74. The number of phenolic OH excluding ortho intramolecular Hbond substituents is 1.